The van der Waals surface area contributed by atoms with Crippen LogP contribution in [0.4, 0.5) is 0 Å². The van der Waals surface area contributed by atoms with Gasteiger partial charge in [0.2, 0.25) is 0 Å². The predicted octanol–water partition coefficient (Wildman–Crippen LogP) is 1.24. The third kappa shape index (κ3) is 2.13. The molecule has 92 valence electrons. The van der Waals surface area contributed by atoms with Crippen LogP contribution in [-0.4, -0.2) is 49.8 Å². The van der Waals surface area contributed by atoms with E-state index in [2.05, 4.69) is 10.2 Å². The third-order valence-corrected chi connectivity index (χ3v) is 4.67. The van der Waals surface area contributed by atoms with Crippen LogP contribution in [0.2, 0.25) is 0 Å². The highest BCUT2D eigenvalue weighted by Crippen LogP contribution is 2.33. The summed E-state index contributed by atoms with van der Waals surface area (Å²) in [7, 11) is 0. The number of fused-ring (bicyclic) bond motifs is 1. The number of hydrogen-bond acceptors (Lipinski definition) is 3. The number of rotatable bonds is 1. The fraction of sp³-hybridized carbons (Fsp3) is 1.00. The first-order valence-corrected chi connectivity index (χ1v) is 7.00. The van der Waals surface area contributed by atoms with E-state index in [9.17, 15) is 0 Å². The van der Waals surface area contributed by atoms with Gasteiger partial charge in [-0.2, -0.15) is 0 Å². The van der Waals surface area contributed by atoms with Crippen LogP contribution in [0.1, 0.15) is 32.1 Å². The van der Waals surface area contributed by atoms with Gasteiger partial charge >= 0.3 is 0 Å². The maximum absolute atomic E-state index is 5.47. The lowest BCUT2D eigenvalue weighted by molar-refractivity contribution is -0.0186. The lowest BCUT2D eigenvalue weighted by Crippen LogP contribution is -2.57. The molecule has 1 N–H and O–H groups in total. The van der Waals surface area contributed by atoms with Crippen LogP contribution in [0, 0.1) is 5.92 Å². The molecule has 0 radical (unpaired) electrons. The van der Waals surface area contributed by atoms with Gasteiger partial charge in [0.15, 0.2) is 0 Å². The van der Waals surface area contributed by atoms with Crippen molar-refractivity contribution in [3.05, 3.63) is 0 Å². The fourth-order valence-electron chi connectivity index (χ4n) is 3.87. The molecule has 0 aromatic heterocycles. The summed E-state index contributed by atoms with van der Waals surface area (Å²) in [5, 5.41) is 3.73. The van der Waals surface area contributed by atoms with Gasteiger partial charge in [-0.15, -0.1) is 0 Å². The molecule has 0 unspecified atom stereocenters. The fourth-order valence-corrected chi connectivity index (χ4v) is 3.87. The maximum Gasteiger partial charge on any atom is 0.0594 e. The highest BCUT2D eigenvalue weighted by atomic mass is 16.5. The van der Waals surface area contributed by atoms with Gasteiger partial charge in [-0.3, -0.25) is 4.90 Å². The Bertz CT molecular complexity index is 226. The van der Waals surface area contributed by atoms with Crippen LogP contribution >= 0.6 is 0 Å². The van der Waals surface area contributed by atoms with Crippen molar-refractivity contribution in [2.75, 3.05) is 32.8 Å². The molecule has 0 spiro atoms. The first kappa shape index (κ1) is 11.0. The molecule has 3 atom stereocenters. The van der Waals surface area contributed by atoms with Crippen molar-refractivity contribution in [2.24, 2.45) is 5.92 Å². The van der Waals surface area contributed by atoms with E-state index in [1.807, 2.05) is 0 Å². The Kier molecular flexibility index (Phi) is 3.46. The summed E-state index contributed by atoms with van der Waals surface area (Å²) in [5.74, 6) is 0.917. The minimum absolute atomic E-state index is 0.815. The molecule has 1 aliphatic carbocycles. The second-order valence-electron chi connectivity index (χ2n) is 5.51. The maximum atomic E-state index is 5.47. The first-order chi connectivity index (χ1) is 7.95. The second-order valence-corrected chi connectivity index (χ2v) is 5.51. The average molecular weight is 224 g/mol. The number of hydrogen-bond donors (Lipinski definition) is 1. The molecule has 2 saturated heterocycles. The van der Waals surface area contributed by atoms with Crippen molar-refractivity contribution < 1.29 is 4.74 Å². The summed E-state index contributed by atoms with van der Waals surface area (Å²) < 4.78 is 5.47. The molecule has 3 rings (SSSR count). The molecular formula is C13H24N2O. The van der Waals surface area contributed by atoms with E-state index in [1.165, 1.54) is 38.6 Å². The summed E-state index contributed by atoms with van der Waals surface area (Å²) in [5.41, 5.74) is 0. The lowest BCUT2D eigenvalue weighted by atomic mass is 9.76. The number of ether oxygens (including phenoxy) is 1. The van der Waals surface area contributed by atoms with Crippen molar-refractivity contribution in [1.82, 2.24) is 10.2 Å². The molecule has 3 fully saturated rings. The topological polar surface area (TPSA) is 24.5 Å². The molecule has 2 heterocycles. The van der Waals surface area contributed by atoms with Crippen molar-refractivity contribution in [2.45, 2.75) is 44.2 Å². The van der Waals surface area contributed by atoms with Gasteiger partial charge in [-0.25, -0.2) is 0 Å². The van der Waals surface area contributed by atoms with Crippen LogP contribution in [-0.2, 0) is 4.74 Å². The van der Waals surface area contributed by atoms with Gasteiger partial charge in [0.25, 0.3) is 0 Å². The molecule has 3 aliphatic rings. The number of nitrogens with zero attached hydrogens (tertiary/aromatic N) is 1. The molecule has 0 bridgehead atoms. The summed E-state index contributed by atoms with van der Waals surface area (Å²) in [6.07, 6.45) is 7.08. The van der Waals surface area contributed by atoms with Crippen LogP contribution < -0.4 is 5.32 Å². The number of morpholine rings is 1. The van der Waals surface area contributed by atoms with Gasteiger partial charge in [0.1, 0.15) is 0 Å². The van der Waals surface area contributed by atoms with Crippen molar-refractivity contribution in [3.63, 3.8) is 0 Å². The van der Waals surface area contributed by atoms with Gasteiger partial charge in [0, 0.05) is 25.2 Å². The monoisotopic (exact) mass is 224 g/mol. The minimum Gasteiger partial charge on any atom is -0.379 e. The summed E-state index contributed by atoms with van der Waals surface area (Å²) >= 11 is 0. The zero-order valence-corrected chi connectivity index (χ0v) is 10.2. The molecule has 16 heavy (non-hydrogen) atoms. The van der Waals surface area contributed by atoms with Crippen LogP contribution in [0.3, 0.4) is 0 Å². The van der Waals surface area contributed by atoms with Crippen molar-refractivity contribution >= 4 is 0 Å². The summed E-state index contributed by atoms with van der Waals surface area (Å²) in [6.45, 7) is 5.44. The lowest BCUT2D eigenvalue weighted by Gasteiger charge is -2.47. The number of nitrogens with one attached hydrogen (secondary N) is 1. The Morgan fingerprint density at radius 2 is 1.81 bits per heavy atom. The van der Waals surface area contributed by atoms with Crippen LogP contribution in [0.5, 0.6) is 0 Å². The standard InChI is InChI=1S/C13H24N2O/c1-2-4-12-11(3-1)13(5-6-14-12)15-7-9-16-10-8-15/h11-14H,1-10H2/t11-,12+,13+/m1/s1. The average Bonchev–Trinajstić information content (AvgIpc) is 2.39. The van der Waals surface area contributed by atoms with E-state index in [4.69, 9.17) is 4.74 Å². The van der Waals surface area contributed by atoms with Crippen molar-refractivity contribution in [3.8, 4) is 0 Å². The van der Waals surface area contributed by atoms with E-state index in [0.717, 1.165) is 44.3 Å². The smallest absolute Gasteiger partial charge is 0.0594 e. The second kappa shape index (κ2) is 5.03. The Morgan fingerprint density at radius 1 is 1.00 bits per heavy atom. The quantitative estimate of drug-likeness (QED) is 0.725. The first-order valence-electron chi connectivity index (χ1n) is 7.00. The molecule has 0 aromatic rings. The van der Waals surface area contributed by atoms with E-state index in [-0.39, 0.29) is 0 Å². The Balaban J connectivity index is 1.67. The summed E-state index contributed by atoms with van der Waals surface area (Å²) in [6, 6.07) is 1.66. The highest BCUT2D eigenvalue weighted by Gasteiger charge is 2.37. The van der Waals surface area contributed by atoms with E-state index in [1.54, 1.807) is 0 Å². The Morgan fingerprint density at radius 3 is 2.69 bits per heavy atom. The molecule has 0 amide bonds. The Labute approximate surface area is 98.5 Å². The zero-order valence-electron chi connectivity index (χ0n) is 10.2. The molecule has 0 aromatic carbocycles. The predicted molar refractivity (Wildman–Crippen MR) is 64.5 cm³/mol. The molecule has 3 nitrogen and oxygen atoms in total. The highest BCUT2D eigenvalue weighted by molar-refractivity contribution is 4.94. The summed E-state index contributed by atoms with van der Waals surface area (Å²) in [4.78, 5) is 2.70. The van der Waals surface area contributed by atoms with E-state index >= 15 is 0 Å². The number of piperidine rings is 1. The van der Waals surface area contributed by atoms with Gasteiger partial charge in [0.05, 0.1) is 13.2 Å². The largest absolute Gasteiger partial charge is 0.379 e. The van der Waals surface area contributed by atoms with Crippen molar-refractivity contribution in [1.29, 1.82) is 0 Å². The van der Waals surface area contributed by atoms with Crippen LogP contribution in [0.15, 0.2) is 0 Å². The zero-order chi connectivity index (χ0) is 10.8. The SMILES string of the molecule is C1CC[C@@H]2NCC[C@H](N3CCOCC3)[C@@H]2C1. The van der Waals surface area contributed by atoms with E-state index < -0.39 is 0 Å². The molecule has 2 aliphatic heterocycles. The third-order valence-electron chi connectivity index (χ3n) is 4.67. The normalized spacial score (nSPS) is 41.6. The molecular weight excluding hydrogens is 200 g/mol. The van der Waals surface area contributed by atoms with E-state index in [0.29, 0.717) is 0 Å². The molecule has 3 heteroatoms. The molecule has 1 saturated carbocycles. The van der Waals surface area contributed by atoms with Gasteiger partial charge < -0.3 is 10.1 Å². The van der Waals surface area contributed by atoms with Crippen LogP contribution in [0.25, 0.3) is 0 Å². The Hall–Kier alpha value is -0.120. The van der Waals surface area contributed by atoms with Gasteiger partial charge in [-0.1, -0.05) is 12.8 Å². The van der Waals surface area contributed by atoms with Gasteiger partial charge in [-0.05, 0) is 31.7 Å². The minimum atomic E-state index is 0.815.